The van der Waals surface area contributed by atoms with E-state index in [1.165, 1.54) is 43.3 Å². The number of nitriles is 1. The first-order valence-corrected chi connectivity index (χ1v) is 15.1. The number of hydrogen-bond donors (Lipinski definition) is 3. The highest BCUT2D eigenvalue weighted by molar-refractivity contribution is 6.00. The molecule has 3 aromatic rings. The summed E-state index contributed by atoms with van der Waals surface area (Å²) in [5.74, 6) is -2.27. The van der Waals surface area contributed by atoms with E-state index in [1.54, 1.807) is 37.8 Å². The van der Waals surface area contributed by atoms with Crippen molar-refractivity contribution in [3.8, 4) is 11.8 Å². The van der Waals surface area contributed by atoms with Gasteiger partial charge in [-0.15, -0.1) is 0 Å². The molecule has 0 bridgehead atoms. The molecule has 3 amide bonds. The van der Waals surface area contributed by atoms with Crippen molar-refractivity contribution >= 4 is 23.4 Å². The molecule has 0 saturated carbocycles. The molecule has 0 radical (unpaired) electrons. The number of benzene rings is 3. The fraction of sp³-hybridized carbons (Fsp3) is 0.306. The van der Waals surface area contributed by atoms with Gasteiger partial charge >= 0.3 is 0 Å². The number of aryl methyl sites for hydroxylation is 1. The number of carbonyl (C=O) groups excluding carboxylic acids is 3. The van der Waals surface area contributed by atoms with E-state index in [0.29, 0.717) is 17.5 Å². The van der Waals surface area contributed by atoms with Gasteiger partial charge in [0.15, 0.2) is 5.76 Å². The lowest BCUT2D eigenvalue weighted by Gasteiger charge is -2.36. The molecular formula is C36H38FN5O5. The lowest BCUT2D eigenvalue weighted by Crippen LogP contribution is -2.48. The Hall–Kier alpha value is -5.34. The van der Waals surface area contributed by atoms with Crippen LogP contribution < -0.4 is 15.8 Å². The van der Waals surface area contributed by atoms with Crippen LogP contribution >= 0.6 is 0 Å². The van der Waals surface area contributed by atoms with Crippen LogP contribution in [-0.2, 0) is 20.9 Å². The number of nitrogens with zero attached hydrogens (tertiary/aromatic N) is 2. The predicted octanol–water partition coefficient (Wildman–Crippen LogP) is 5.13. The molecule has 0 aromatic heterocycles. The van der Waals surface area contributed by atoms with Gasteiger partial charge in [-0.2, -0.15) is 5.26 Å². The third-order valence-corrected chi connectivity index (χ3v) is 8.00. The standard InChI is InChI=1S/C36H38FN5O5/c1-22-15-26(13-14-28(22)47-30(34(40)44)16-23(2)39)35(45)41-19-32(43)42-31(36(3,4)21-38)18-29(46-20-24-9-6-5-7-10-24)33(42)25-11-8-12-27(37)17-25/h5-17,29,31,33,39H,18-20H2,1-4H3,(H2,40,44)(H,41,45)/b30-16+,39-23?/t29-,31-,33-/m1/s1. The number of allylic oxidation sites excluding steroid dienone is 1. The molecule has 10 nitrogen and oxygen atoms in total. The van der Waals surface area contributed by atoms with Crippen LogP contribution in [-0.4, -0.2) is 47.0 Å². The zero-order valence-electron chi connectivity index (χ0n) is 26.7. The van der Waals surface area contributed by atoms with Crippen molar-refractivity contribution < 1.29 is 28.2 Å². The molecule has 4 rings (SSSR count). The molecule has 0 unspecified atom stereocenters. The maximum atomic E-state index is 14.5. The van der Waals surface area contributed by atoms with Crippen molar-refractivity contribution in [3.63, 3.8) is 0 Å². The van der Waals surface area contributed by atoms with E-state index < -0.39 is 53.7 Å². The Morgan fingerprint density at radius 1 is 1.13 bits per heavy atom. The van der Waals surface area contributed by atoms with Gasteiger partial charge in [-0.25, -0.2) is 4.39 Å². The second-order valence-electron chi connectivity index (χ2n) is 12.0. The number of likely N-dealkylation sites (tertiary alicyclic amines) is 1. The summed E-state index contributed by atoms with van der Waals surface area (Å²) in [6.07, 6.45) is 0.968. The highest BCUT2D eigenvalue weighted by Crippen LogP contribution is 2.45. The Morgan fingerprint density at radius 3 is 2.47 bits per heavy atom. The third-order valence-electron chi connectivity index (χ3n) is 8.00. The average Bonchev–Trinajstić information content (AvgIpc) is 3.44. The van der Waals surface area contributed by atoms with E-state index in [0.717, 1.165) is 5.56 Å². The van der Waals surface area contributed by atoms with Crippen LogP contribution in [0.4, 0.5) is 4.39 Å². The number of amides is 3. The number of nitrogens with one attached hydrogen (secondary N) is 2. The van der Waals surface area contributed by atoms with E-state index in [2.05, 4.69) is 11.4 Å². The van der Waals surface area contributed by atoms with Gasteiger partial charge in [-0.05, 0) is 81.1 Å². The number of nitrogens with two attached hydrogens (primary N) is 1. The van der Waals surface area contributed by atoms with Crippen molar-refractivity contribution in [1.29, 1.82) is 10.7 Å². The van der Waals surface area contributed by atoms with Gasteiger partial charge in [0, 0.05) is 17.4 Å². The number of rotatable bonds is 12. The maximum Gasteiger partial charge on any atom is 0.284 e. The molecule has 1 saturated heterocycles. The van der Waals surface area contributed by atoms with Crippen molar-refractivity contribution in [3.05, 3.63) is 113 Å². The molecule has 1 aliphatic heterocycles. The summed E-state index contributed by atoms with van der Waals surface area (Å²) in [5, 5.41) is 20.3. The minimum atomic E-state index is -0.989. The Bertz CT molecular complexity index is 1730. The lowest BCUT2D eigenvalue weighted by atomic mass is 9.84. The fourth-order valence-corrected chi connectivity index (χ4v) is 5.60. The van der Waals surface area contributed by atoms with Crippen LogP contribution in [0.5, 0.6) is 5.75 Å². The van der Waals surface area contributed by atoms with E-state index in [1.807, 2.05) is 30.3 Å². The monoisotopic (exact) mass is 639 g/mol. The summed E-state index contributed by atoms with van der Waals surface area (Å²) in [7, 11) is 0. The van der Waals surface area contributed by atoms with Gasteiger partial charge < -0.3 is 30.8 Å². The highest BCUT2D eigenvalue weighted by Gasteiger charge is 2.51. The Balaban J connectivity index is 1.57. The van der Waals surface area contributed by atoms with Crippen molar-refractivity contribution in [2.45, 2.75) is 58.9 Å². The van der Waals surface area contributed by atoms with Crippen LogP contribution in [0.1, 0.15) is 60.3 Å². The van der Waals surface area contributed by atoms with Gasteiger partial charge in [-0.3, -0.25) is 14.4 Å². The Kier molecular flexibility index (Phi) is 10.9. The average molecular weight is 640 g/mol. The normalized spacial score (nSPS) is 17.9. The first-order valence-electron chi connectivity index (χ1n) is 15.1. The number of halogens is 1. The molecule has 244 valence electrons. The molecule has 3 atom stereocenters. The number of carbonyl (C=O) groups is 3. The molecule has 11 heteroatoms. The van der Waals surface area contributed by atoms with Crippen LogP contribution in [0.2, 0.25) is 0 Å². The van der Waals surface area contributed by atoms with E-state index in [-0.39, 0.29) is 29.4 Å². The first kappa shape index (κ1) is 34.5. The largest absolute Gasteiger partial charge is 0.451 e. The van der Waals surface area contributed by atoms with E-state index in [9.17, 15) is 24.0 Å². The summed E-state index contributed by atoms with van der Waals surface area (Å²) < 4.78 is 26.4. The quantitative estimate of drug-likeness (QED) is 0.142. The van der Waals surface area contributed by atoms with Gasteiger partial charge in [0.2, 0.25) is 5.91 Å². The lowest BCUT2D eigenvalue weighted by molar-refractivity contribution is -0.136. The third kappa shape index (κ3) is 8.48. The van der Waals surface area contributed by atoms with Crippen LogP contribution in [0.25, 0.3) is 0 Å². The Labute approximate surface area is 273 Å². The van der Waals surface area contributed by atoms with Gasteiger partial charge in [0.25, 0.3) is 11.8 Å². The summed E-state index contributed by atoms with van der Waals surface area (Å²) >= 11 is 0. The van der Waals surface area contributed by atoms with E-state index >= 15 is 0 Å². The Morgan fingerprint density at radius 2 is 1.85 bits per heavy atom. The molecular weight excluding hydrogens is 601 g/mol. The summed E-state index contributed by atoms with van der Waals surface area (Å²) in [4.78, 5) is 40.5. The van der Waals surface area contributed by atoms with E-state index in [4.69, 9.17) is 20.6 Å². The molecule has 3 aromatic carbocycles. The van der Waals surface area contributed by atoms with Gasteiger partial charge in [0.05, 0.1) is 42.8 Å². The van der Waals surface area contributed by atoms with Crippen molar-refractivity contribution in [2.75, 3.05) is 6.54 Å². The minimum Gasteiger partial charge on any atom is -0.451 e. The second kappa shape index (κ2) is 14.8. The highest BCUT2D eigenvalue weighted by atomic mass is 19.1. The molecule has 0 spiro atoms. The zero-order chi connectivity index (χ0) is 34.3. The predicted molar refractivity (Wildman–Crippen MR) is 174 cm³/mol. The zero-order valence-corrected chi connectivity index (χ0v) is 26.7. The first-order chi connectivity index (χ1) is 22.3. The molecule has 0 aliphatic carbocycles. The molecule has 4 N–H and O–H groups in total. The molecule has 47 heavy (non-hydrogen) atoms. The summed E-state index contributed by atoms with van der Waals surface area (Å²) in [5.41, 5.74) is 6.64. The van der Waals surface area contributed by atoms with Crippen molar-refractivity contribution in [1.82, 2.24) is 10.2 Å². The fourth-order valence-electron chi connectivity index (χ4n) is 5.60. The maximum absolute atomic E-state index is 14.5. The number of primary amides is 1. The molecule has 1 aliphatic rings. The smallest absolute Gasteiger partial charge is 0.284 e. The summed E-state index contributed by atoms with van der Waals surface area (Å²) in [6, 6.07) is 21.0. The van der Waals surface area contributed by atoms with Gasteiger partial charge in [-0.1, -0.05) is 42.5 Å². The molecule has 1 fully saturated rings. The van der Waals surface area contributed by atoms with Crippen LogP contribution in [0.15, 0.2) is 84.6 Å². The molecule has 1 heterocycles. The van der Waals surface area contributed by atoms with Gasteiger partial charge in [0.1, 0.15) is 11.6 Å². The topological polar surface area (TPSA) is 159 Å². The SMILES string of the molecule is CC(=N)/C=C(/Oc1ccc(C(=O)NCC(=O)N2[C@H](c3cccc(F)c3)[C@H](OCc3ccccc3)C[C@@H]2C(C)(C)C#N)cc1C)C(N)=O. The number of hydrogen-bond acceptors (Lipinski definition) is 7. The van der Waals surface area contributed by atoms with Crippen LogP contribution in [0, 0.1) is 34.9 Å². The van der Waals surface area contributed by atoms with Crippen molar-refractivity contribution in [2.24, 2.45) is 11.1 Å². The second-order valence-corrected chi connectivity index (χ2v) is 12.0. The van der Waals surface area contributed by atoms with Crippen LogP contribution in [0.3, 0.4) is 0 Å². The summed E-state index contributed by atoms with van der Waals surface area (Å²) in [6.45, 7) is 6.49. The minimum absolute atomic E-state index is 0.0734. The number of ether oxygens (including phenoxy) is 2.